The van der Waals surface area contributed by atoms with E-state index < -0.39 is 9.84 Å². The Labute approximate surface area is 177 Å². The molecule has 1 N–H and O–H groups in total. The van der Waals surface area contributed by atoms with Crippen LogP contribution in [0.15, 0.2) is 89.8 Å². The summed E-state index contributed by atoms with van der Waals surface area (Å²) in [5, 5.41) is 9.39. The van der Waals surface area contributed by atoms with Gasteiger partial charge in [0.15, 0.2) is 9.84 Å². The van der Waals surface area contributed by atoms with Crippen LogP contribution in [0.1, 0.15) is 21.5 Å². The summed E-state index contributed by atoms with van der Waals surface area (Å²) in [5.41, 5.74) is 2.07. The second-order valence-electron chi connectivity index (χ2n) is 7.02. The first-order valence-electron chi connectivity index (χ1n) is 9.80. The minimum atomic E-state index is -3.50. The van der Waals surface area contributed by atoms with Crippen LogP contribution in [0.4, 0.5) is 0 Å². The van der Waals surface area contributed by atoms with Gasteiger partial charge < -0.3 is 10.0 Å². The molecule has 30 heavy (non-hydrogen) atoms. The van der Waals surface area contributed by atoms with Gasteiger partial charge in [0.1, 0.15) is 0 Å². The maximum Gasteiger partial charge on any atom is 0.253 e. The van der Waals surface area contributed by atoms with Crippen molar-refractivity contribution in [2.45, 2.75) is 17.1 Å². The minimum Gasteiger partial charge on any atom is -0.395 e. The lowest BCUT2D eigenvalue weighted by Gasteiger charge is -2.22. The number of carbonyl (C=O) groups is 1. The summed E-state index contributed by atoms with van der Waals surface area (Å²) >= 11 is 0. The van der Waals surface area contributed by atoms with Crippen molar-refractivity contribution in [2.75, 3.05) is 19.7 Å². The van der Waals surface area contributed by atoms with Crippen LogP contribution in [0.5, 0.6) is 0 Å². The summed E-state index contributed by atoms with van der Waals surface area (Å²) in [6.45, 7) is 0.552. The molecule has 156 valence electrons. The summed E-state index contributed by atoms with van der Waals surface area (Å²) in [5.74, 6) is -0.402. The van der Waals surface area contributed by atoms with Gasteiger partial charge in [0.25, 0.3) is 5.91 Å². The average Bonchev–Trinajstić information content (AvgIpc) is 2.77. The Balaban J connectivity index is 1.74. The van der Waals surface area contributed by atoms with Crippen LogP contribution in [0.25, 0.3) is 0 Å². The van der Waals surface area contributed by atoms with E-state index in [1.54, 1.807) is 59.5 Å². The molecule has 0 unspecified atom stereocenters. The summed E-state index contributed by atoms with van der Waals surface area (Å²) < 4.78 is 25.3. The number of carbonyl (C=O) groups excluding carboxylic acids is 1. The van der Waals surface area contributed by atoms with Gasteiger partial charge in [-0.05, 0) is 41.8 Å². The molecule has 0 saturated carbocycles. The molecule has 3 rings (SSSR count). The average molecular weight is 424 g/mol. The van der Waals surface area contributed by atoms with Gasteiger partial charge in [-0.15, -0.1) is 0 Å². The van der Waals surface area contributed by atoms with Crippen molar-refractivity contribution >= 4 is 15.7 Å². The third-order valence-corrected chi connectivity index (χ3v) is 6.51. The van der Waals surface area contributed by atoms with Gasteiger partial charge in [0.05, 0.1) is 17.3 Å². The number of amides is 1. The SMILES string of the molecule is O=C(c1cccc(CS(=O)(=O)c2ccccc2)c1)N(CCO)CCc1ccccc1. The molecule has 0 aromatic heterocycles. The van der Waals surface area contributed by atoms with Crippen LogP contribution in [0.3, 0.4) is 0 Å². The Kier molecular flexibility index (Phi) is 7.38. The highest BCUT2D eigenvalue weighted by Gasteiger charge is 2.18. The molecule has 0 fully saturated rings. The van der Waals surface area contributed by atoms with E-state index in [0.717, 1.165) is 5.56 Å². The van der Waals surface area contributed by atoms with Crippen LogP contribution in [-0.4, -0.2) is 44.0 Å². The molecule has 5 nitrogen and oxygen atoms in total. The van der Waals surface area contributed by atoms with Crippen molar-refractivity contribution in [3.05, 3.63) is 102 Å². The van der Waals surface area contributed by atoms with E-state index >= 15 is 0 Å². The number of aliphatic hydroxyl groups is 1. The largest absolute Gasteiger partial charge is 0.395 e. The zero-order valence-corrected chi connectivity index (χ0v) is 17.5. The minimum absolute atomic E-state index is 0.136. The van der Waals surface area contributed by atoms with Crippen LogP contribution in [0, 0.1) is 0 Å². The Bertz CT molecular complexity index is 1070. The number of aliphatic hydroxyl groups excluding tert-OH is 1. The normalized spacial score (nSPS) is 11.2. The molecule has 0 spiro atoms. The van der Waals surface area contributed by atoms with Gasteiger partial charge >= 0.3 is 0 Å². The van der Waals surface area contributed by atoms with Gasteiger partial charge in [-0.1, -0.05) is 60.7 Å². The number of sulfone groups is 1. The maximum absolute atomic E-state index is 13.0. The molecule has 0 saturated heterocycles. The van der Waals surface area contributed by atoms with Crippen LogP contribution >= 0.6 is 0 Å². The first-order valence-corrected chi connectivity index (χ1v) is 11.5. The smallest absolute Gasteiger partial charge is 0.253 e. The maximum atomic E-state index is 13.0. The molecule has 0 bridgehead atoms. The summed E-state index contributed by atoms with van der Waals surface area (Å²) in [6.07, 6.45) is 0.675. The zero-order chi connectivity index (χ0) is 21.4. The third-order valence-electron chi connectivity index (χ3n) is 4.80. The van der Waals surface area contributed by atoms with Crippen molar-refractivity contribution in [1.29, 1.82) is 0 Å². The lowest BCUT2D eigenvalue weighted by atomic mass is 10.1. The Morgan fingerprint density at radius 2 is 1.43 bits per heavy atom. The quantitative estimate of drug-likeness (QED) is 0.573. The van der Waals surface area contributed by atoms with E-state index in [9.17, 15) is 18.3 Å². The van der Waals surface area contributed by atoms with E-state index in [2.05, 4.69) is 0 Å². The molecule has 0 heterocycles. The zero-order valence-electron chi connectivity index (χ0n) is 16.6. The molecule has 1 amide bonds. The predicted octanol–water partition coefficient (Wildman–Crippen LogP) is 3.34. The monoisotopic (exact) mass is 423 g/mol. The van der Waals surface area contributed by atoms with Gasteiger partial charge in [0, 0.05) is 18.7 Å². The number of rotatable bonds is 9. The third kappa shape index (κ3) is 5.78. The number of nitrogens with zero attached hydrogens (tertiary/aromatic N) is 1. The van der Waals surface area contributed by atoms with E-state index in [1.165, 1.54) is 0 Å². The van der Waals surface area contributed by atoms with E-state index in [1.807, 2.05) is 30.3 Å². The Morgan fingerprint density at radius 3 is 2.10 bits per heavy atom. The summed E-state index contributed by atoms with van der Waals surface area (Å²) in [7, 11) is -3.50. The molecule has 0 aliphatic heterocycles. The fourth-order valence-electron chi connectivity index (χ4n) is 3.25. The molecule has 0 aliphatic carbocycles. The van der Waals surface area contributed by atoms with Crippen molar-refractivity contribution in [3.8, 4) is 0 Å². The highest BCUT2D eigenvalue weighted by atomic mass is 32.2. The first-order chi connectivity index (χ1) is 14.5. The van der Waals surface area contributed by atoms with Crippen LogP contribution < -0.4 is 0 Å². The second-order valence-corrected chi connectivity index (χ2v) is 9.01. The van der Waals surface area contributed by atoms with E-state index in [4.69, 9.17) is 0 Å². The summed E-state index contributed by atoms with van der Waals surface area (Å²) in [6, 6.07) is 24.8. The predicted molar refractivity (Wildman–Crippen MR) is 117 cm³/mol. The standard InChI is InChI=1S/C24H25NO4S/c26-17-16-25(15-14-20-8-3-1-4-9-20)24(27)22-11-7-10-21(18-22)19-30(28,29)23-12-5-2-6-13-23/h1-13,18,26H,14-17,19H2. The van der Waals surface area contributed by atoms with Crippen LogP contribution in [-0.2, 0) is 22.0 Å². The van der Waals surface area contributed by atoms with Crippen molar-refractivity contribution < 1.29 is 18.3 Å². The molecule has 0 radical (unpaired) electrons. The molecule has 3 aromatic rings. The fraction of sp³-hybridized carbons (Fsp3) is 0.208. The Hall–Kier alpha value is -2.96. The molecule has 0 aliphatic rings. The van der Waals surface area contributed by atoms with Gasteiger partial charge in [0.2, 0.25) is 0 Å². The molecular weight excluding hydrogens is 398 g/mol. The lowest BCUT2D eigenvalue weighted by molar-refractivity contribution is 0.0724. The lowest BCUT2D eigenvalue weighted by Crippen LogP contribution is -2.35. The van der Waals surface area contributed by atoms with Crippen molar-refractivity contribution in [3.63, 3.8) is 0 Å². The van der Waals surface area contributed by atoms with E-state index in [-0.39, 0.29) is 29.7 Å². The van der Waals surface area contributed by atoms with Crippen LogP contribution in [0.2, 0.25) is 0 Å². The fourth-order valence-corrected chi connectivity index (χ4v) is 4.61. The van der Waals surface area contributed by atoms with Gasteiger partial charge in [-0.2, -0.15) is 0 Å². The van der Waals surface area contributed by atoms with Crippen molar-refractivity contribution in [2.24, 2.45) is 0 Å². The second kappa shape index (κ2) is 10.2. The highest BCUT2D eigenvalue weighted by Crippen LogP contribution is 2.18. The molecular formula is C24H25NO4S. The number of benzene rings is 3. The first kappa shape index (κ1) is 21.7. The molecule has 3 aromatic carbocycles. The molecule has 6 heteroatoms. The van der Waals surface area contributed by atoms with Gasteiger partial charge in [-0.3, -0.25) is 4.79 Å². The number of hydrogen-bond donors (Lipinski definition) is 1. The van der Waals surface area contributed by atoms with Gasteiger partial charge in [-0.25, -0.2) is 8.42 Å². The molecule has 0 atom stereocenters. The van der Waals surface area contributed by atoms with E-state index in [0.29, 0.717) is 24.1 Å². The highest BCUT2D eigenvalue weighted by molar-refractivity contribution is 7.90. The van der Waals surface area contributed by atoms with Crippen molar-refractivity contribution in [1.82, 2.24) is 4.90 Å². The summed E-state index contributed by atoms with van der Waals surface area (Å²) in [4.78, 5) is 14.9. The topological polar surface area (TPSA) is 74.7 Å². The number of hydrogen-bond acceptors (Lipinski definition) is 4. The Morgan fingerprint density at radius 1 is 0.800 bits per heavy atom.